The minimum atomic E-state index is -0.436. The van der Waals surface area contributed by atoms with Gasteiger partial charge in [-0.05, 0) is 58.4 Å². The van der Waals surface area contributed by atoms with Gasteiger partial charge in [0.15, 0.2) is 0 Å². The first-order valence-electron chi connectivity index (χ1n) is 6.19. The number of halogens is 1. The lowest BCUT2D eigenvalue weighted by molar-refractivity contribution is -0.114. The number of carbonyl (C=O) groups is 2. The van der Waals surface area contributed by atoms with Crippen molar-refractivity contribution in [2.45, 2.75) is 20.4 Å². The molecule has 1 aromatic carbocycles. The van der Waals surface area contributed by atoms with E-state index in [4.69, 9.17) is 0 Å². The number of hydrogen-bond donors (Lipinski definition) is 0. The number of Topliss-reactive ketones (excluding diaryl/α,β-unsaturated/α-hetero) is 1. The van der Waals surface area contributed by atoms with Gasteiger partial charge in [0.25, 0.3) is 11.7 Å². The van der Waals surface area contributed by atoms with Crippen LogP contribution >= 0.6 is 27.3 Å². The van der Waals surface area contributed by atoms with E-state index in [0.717, 1.165) is 26.2 Å². The zero-order chi connectivity index (χ0) is 14.4. The summed E-state index contributed by atoms with van der Waals surface area (Å²) in [6.07, 6.45) is 0. The lowest BCUT2D eigenvalue weighted by Gasteiger charge is -2.19. The highest BCUT2D eigenvalue weighted by atomic mass is 79.9. The fraction of sp³-hybridized carbons (Fsp3) is 0.200. The second-order valence-corrected chi connectivity index (χ2v) is 6.67. The lowest BCUT2D eigenvalue weighted by Crippen LogP contribution is -2.29. The van der Waals surface area contributed by atoms with Gasteiger partial charge in [0.1, 0.15) is 0 Å². The van der Waals surface area contributed by atoms with E-state index in [0.29, 0.717) is 12.1 Å². The average Bonchev–Trinajstić information content (AvgIpc) is 2.92. The van der Waals surface area contributed by atoms with Gasteiger partial charge in [0.05, 0.1) is 17.8 Å². The van der Waals surface area contributed by atoms with Gasteiger partial charge in [0.2, 0.25) is 0 Å². The van der Waals surface area contributed by atoms with Crippen LogP contribution in [0.5, 0.6) is 0 Å². The normalized spacial score (nSPS) is 14.1. The van der Waals surface area contributed by atoms with Gasteiger partial charge in [-0.3, -0.25) is 14.5 Å². The molecule has 1 amide bonds. The van der Waals surface area contributed by atoms with E-state index in [9.17, 15) is 9.59 Å². The number of amides is 1. The molecule has 20 heavy (non-hydrogen) atoms. The maximum absolute atomic E-state index is 12.2. The second kappa shape index (κ2) is 4.82. The van der Waals surface area contributed by atoms with Gasteiger partial charge in [-0.1, -0.05) is 6.07 Å². The molecular formula is C15H12BrNO2S. The zero-order valence-corrected chi connectivity index (χ0v) is 13.5. The van der Waals surface area contributed by atoms with E-state index < -0.39 is 11.7 Å². The number of thiophene rings is 1. The number of benzene rings is 1. The van der Waals surface area contributed by atoms with Crippen LogP contribution in [0.1, 0.15) is 26.4 Å². The Hall–Kier alpha value is -1.46. The molecule has 0 spiro atoms. The summed E-state index contributed by atoms with van der Waals surface area (Å²) in [5.74, 6) is -0.843. The molecule has 0 bridgehead atoms. The summed E-state index contributed by atoms with van der Waals surface area (Å²) in [4.78, 5) is 26.9. The molecular weight excluding hydrogens is 338 g/mol. The fourth-order valence-electron chi connectivity index (χ4n) is 2.40. The molecule has 1 aliphatic heterocycles. The summed E-state index contributed by atoms with van der Waals surface area (Å²) in [7, 11) is 0. The number of anilines is 1. The Bertz CT molecular complexity index is 735. The highest BCUT2D eigenvalue weighted by Gasteiger charge is 2.37. The lowest BCUT2D eigenvalue weighted by atomic mass is 10.0. The summed E-state index contributed by atoms with van der Waals surface area (Å²) in [6.45, 7) is 4.37. The van der Waals surface area contributed by atoms with Crippen LogP contribution in [0, 0.1) is 13.8 Å². The Morgan fingerprint density at radius 3 is 2.60 bits per heavy atom. The average molecular weight is 350 g/mol. The van der Waals surface area contributed by atoms with Crippen LogP contribution in [0.4, 0.5) is 5.69 Å². The third-order valence-electron chi connectivity index (χ3n) is 3.65. The van der Waals surface area contributed by atoms with E-state index in [1.54, 1.807) is 22.3 Å². The summed E-state index contributed by atoms with van der Waals surface area (Å²) in [5.41, 5.74) is 3.36. The number of nitrogens with zero attached hydrogens (tertiary/aromatic N) is 1. The molecule has 0 aliphatic carbocycles. The summed E-state index contributed by atoms with van der Waals surface area (Å²) >= 11 is 5.04. The first-order valence-corrected chi connectivity index (χ1v) is 7.86. The largest absolute Gasteiger partial charge is 0.299 e. The summed E-state index contributed by atoms with van der Waals surface area (Å²) in [6, 6.07) is 5.59. The quantitative estimate of drug-likeness (QED) is 0.772. The van der Waals surface area contributed by atoms with Gasteiger partial charge < -0.3 is 0 Å². The van der Waals surface area contributed by atoms with Gasteiger partial charge in [0, 0.05) is 9.35 Å². The summed E-state index contributed by atoms with van der Waals surface area (Å²) < 4.78 is 0.974. The zero-order valence-electron chi connectivity index (χ0n) is 11.1. The van der Waals surface area contributed by atoms with Crippen molar-refractivity contribution in [2.24, 2.45) is 0 Å². The Balaban J connectivity index is 2.10. The van der Waals surface area contributed by atoms with Crippen molar-refractivity contribution in [1.29, 1.82) is 0 Å². The van der Waals surface area contributed by atoms with Crippen molar-refractivity contribution in [3.05, 3.63) is 49.6 Å². The van der Waals surface area contributed by atoms with E-state index >= 15 is 0 Å². The number of ketones is 1. The second-order valence-electron chi connectivity index (χ2n) is 4.82. The molecule has 0 radical (unpaired) electrons. The third kappa shape index (κ3) is 1.93. The van der Waals surface area contributed by atoms with Gasteiger partial charge >= 0.3 is 0 Å². The number of hydrogen-bond acceptors (Lipinski definition) is 3. The van der Waals surface area contributed by atoms with Crippen molar-refractivity contribution < 1.29 is 9.59 Å². The van der Waals surface area contributed by atoms with Crippen molar-refractivity contribution in [2.75, 3.05) is 4.90 Å². The number of rotatable bonds is 2. The van der Waals surface area contributed by atoms with Crippen LogP contribution in [0.2, 0.25) is 0 Å². The molecule has 1 aromatic heterocycles. The van der Waals surface area contributed by atoms with E-state index in [-0.39, 0.29) is 0 Å². The summed E-state index contributed by atoms with van der Waals surface area (Å²) in [5, 5.41) is 1.96. The highest BCUT2D eigenvalue weighted by molar-refractivity contribution is 9.10. The van der Waals surface area contributed by atoms with Crippen LogP contribution in [-0.4, -0.2) is 11.7 Å². The van der Waals surface area contributed by atoms with E-state index in [1.807, 2.05) is 31.4 Å². The smallest absolute Gasteiger partial charge is 0.299 e. The minimum absolute atomic E-state index is 0.407. The van der Waals surface area contributed by atoms with Gasteiger partial charge in [-0.15, -0.1) is 11.3 Å². The monoisotopic (exact) mass is 349 g/mol. The van der Waals surface area contributed by atoms with Crippen LogP contribution in [0.25, 0.3) is 0 Å². The molecule has 1 aliphatic rings. The van der Waals surface area contributed by atoms with Crippen LogP contribution < -0.4 is 4.90 Å². The van der Waals surface area contributed by atoms with Crippen molar-refractivity contribution in [3.63, 3.8) is 0 Å². The molecule has 0 atom stereocenters. The standard InChI is InChI=1S/C15H12BrNO2S/c1-8-3-4-10-13(9(8)2)17(15(19)14(10)18)7-12-11(16)5-6-20-12/h3-6H,7H2,1-2H3. The number of carbonyl (C=O) groups excluding carboxylic acids is 2. The van der Waals surface area contributed by atoms with Crippen molar-refractivity contribution in [3.8, 4) is 0 Å². The van der Waals surface area contributed by atoms with E-state index in [2.05, 4.69) is 15.9 Å². The predicted molar refractivity (Wildman–Crippen MR) is 83.5 cm³/mol. The van der Waals surface area contributed by atoms with Crippen LogP contribution in [-0.2, 0) is 11.3 Å². The molecule has 2 heterocycles. The molecule has 2 aromatic rings. The Kier molecular flexibility index (Phi) is 3.26. The third-order valence-corrected chi connectivity index (χ3v) is 5.56. The van der Waals surface area contributed by atoms with E-state index in [1.165, 1.54) is 0 Å². The Labute approximate surface area is 129 Å². The molecule has 0 unspecified atom stereocenters. The topological polar surface area (TPSA) is 37.4 Å². The van der Waals surface area contributed by atoms with Crippen molar-refractivity contribution in [1.82, 2.24) is 0 Å². The number of fused-ring (bicyclic) bond motifs is 1. The van der Waals surface area contributed by atoms with Crippen molar-refractivity contribution >= 4 is 44.6 Å². The minimum Gasteiger partial charge on any atom is -0.299 e. The molecule has 0 saturated carbocycles. The maximum atomic E-state index is 12.2. The molecule has 3 rings (SSSR count). The molecule has 102 valence electrons. The van der Waals surface area contributed by atoms with Crippen LogP contribution in [0.3, 0.4) is 0 Å². The molecule has 0 N–H and O–H groups in total. The maximum Gasteiger partial charge on any atom is 0.299 e. The number of aryl methyl sites for hydroxylation is 1. The van der Waals surface area contributed by atoms with Gasteiger partial charge in [-0.2, -0.15) is 0 Å². The molecule has 0 saturated heterocycles. The predicted octanol–water partition coefficient (Wildman–Crippen LogP) is 3.86. The first-order chi connectivity index (χ1) is 9.50. The van der Waals surface area contributed by atoms with Crippen LogP contribution in [0.15, 0.2) is 28.1 Å². The highest BCUT2D eigenvalue weighted by Crippen LogP contribution is 2.36. The first kappa shape index (κ1) is 13.5. The Morgan fingerprint density at radius 1 is 1.20 bits per heavy atom. The molecule has 3 nitrogen and oxygen atoms in total. The SMILES string of the molecule is Cc1ccc2c(c1C)N(Cc1sccc1Br)C(=O)C2=O. The van der Waals surface area contributed by atoms with Gasteiger partial charge in [-0.25, -0.2) is 0 Å². The Morgan fingerprint density at radius 2 is 1.95 bits per heavy atom. The fourth-order valence-corrected chi connectivity index (χ4v) is 3.87. The molecule has 5 heteroatoms. The molecule has 0 fully saturated rings.